The highest BCUT2D eigenvalue weighted by molar-refractivity contribution is 9.10. The van der Waals surface area contributed by atoms with Gasteiger partial charge in [-0.25, -0.2) is 8.42 Å². The molecule has 0 spiro atoms. The normalized spacial score (nSPS) is 18.0. The van der Waals surface area contributed by atoms with E-state index in [1.165, 1.54) is 4.90 Å². The van der Waals surface area contributed by atoms with Crippen LogP contribution in [0.4, 0.5) is 11.4 Å². The molecule has 0 atom stereocenters. The van der Waals surface area contributed by atoms with Crippen LogP contribution in [0.1, 0.15) is 5.56 Å². The van der Waals surface area contributed by atoms with Crippen molar-refractivity contribution in [2.75, 3.05) is 29.1 Å². The van der Waals surface area contributed by atoms with E-state index in [-0.39, 0.29) is 21.3 Å². The number of carbonyl (C=O) groups is 3. The van der Waals surface area contributed by atoms with Crippen molar-refractivity contribution in [3.05, 3.63) is 63.5 Å². The van der Waals surface area contributed by atoms with Crippen molar-refractivity contribution in [3.8, 4) is 0 Å². The van der Waals surface area contributed by atoms with E-state index >= 15 is 0 Å². The predicted molar refractivity (Wildman–Crippen MR) is 135 cm³/mol. The Hall–Kier alpha value is -2.58. The number of fused-ring (bicyclic) bond motifs is 1. The van der Waals surface area contributed by atoms with Gasteiger partial charge in [0.1, 0.15) is 10.9 Å². The SMILES string of the molecule is O=C(CN1C(=O)/C(=C2\SC(=S)N(CCS(=O)(=O)[O-])C2=O)c2ccccc21)Nc1cccc(Br)c1. The quantitative estimate of drug-likeness (QED) is 0.314. The number of benzene rings is 2. The molecule has 0 aliphatic carbocycles. The van der Waals surface area contributed by atoms with Gasteiger partial charge in [0.25, 0.3) is 11.8 Å². The van der Waals surface area contributed by atoms with Crippen LogP contribution in [0.2, 0.25) is 0 Å². The lowest BCUT2D eigenvalue weighted by atomic mass is 10.1. The van der Waals surface area contributed by atoms with Crippen molar-refractivity contribution in [2.45, 2.75) is 0 Å². The minimum absolute atomic E-state index is 0.0284. The first-order chi connectivity index (χ1) is 16.0. The van der Waals surface area contributed by atoms with E-state index < -0.39 is 40.1 Å². The van der Waals surface area contributed by atoms with Crippen LogP contribution in [0.5, 0.6) is 0 Å². The molecule has 0 radical (unpaired) electrons. The average molecular weight is 581 g/mol. The maximum atomic E-state index is 13.4. The van der Waals surface area contributed by atoms with Gasteiger partial charge in [-0.2, -0.15) is 0 Å². The van der Waals surface area contributed by atoms with Crippen molar-refractivity contribution < 1.29 is 27.4 Å². The molecule has 1 fully saturated rings. The second-order valence-corrected chi connectivity index (χ2v) is 11.3. The van der Waals surface area contributed by atoms with Gasteiger partial charge in [-0.3, -0.25) is 24.2 Å². The number of nitrogens with one attached hydrogen (secondary N) is 1. The van der Waals surface area contributed by atoms with E-state index in [0.29, 0.717) is 16.9 Å². The summed E-state index contributed by atoms with van der Waals surface area (Å²) < 4.78 is 33.8. The zero-order valence-corrected chi connectivity index (χ0v) is 21.2. The number of anilines is 2. The van der Waals surface area contributed by atoms with Gasteiger partial charge in [0.2, 0.25) is 5.91 Å². The third-order valence-electron chi connectivity index (χ3n) is 4.97. The molecule has 4 rings (SSSR count). The molecule has 0 unspecified atom stereocenters. The lowest BCUT2D eigenvalue weighted by Gasteiger charge is -2.17. The van der Waals surface area contributed by atoms with Crippen molar-refractivity contribution >= 4 is 89.0 Å². The highest BCUT2D eigenvalue weighted by Gasteiger charge is 2.42. The number of carbonyl (C=O) groups excluding carboxylic acids is 3. The van der Waals surface area contributed by atoms with E-state index in [1.807, 2.05) is 6.07 Å². The maximum absolute atomic E-state index is 13.4. The molecule has 2 heterocycles. The van der Waals surface area contributed by atoms with Gasteiger partial charge in [0.05, 0.1) is 32.0 Å². The molecular formula is C21H15BrN3O6S3-. The Balaban J connectivity index is 1.62. The predicted octanol–water partition coefficient (Wildman–Crippen LogP) is 2.55. The standard InChI is InChI=1S/C21H16BrN3O6S3/c22-12-4-3-5-13(10-12)23-16(26)11-25-15-7-2-1-6-14(15)17(19(25)27)18-20(28)24(21(32)33-18)8-9-34(29,30)31/h1-7,10H,8-9,11H2,(H,23,26)(H,29,30,31)/p-1/b18-17-. The molecule has 0 aromatic heterocycles. The van der Waals surface area contributed by atoms with E-state index in [9.17, 15) is 27.4 Å². The van der Waals surface area contributed by atoms with Gasteiger partial charge in [0, 0.05) is 22.3 Å². The van der Waals surface area contributed by atoms with Crippen molar-refractivity contribution in [1.82, 2.24) is 4.90 Å². The largest absolute Gasteiger partial charge is 0.748 e. The lowest BCUT2D eigenvalue weighted by molar-refractivity contribution is -0.122. The number of thiocarbonyl (C=S) groups is 1. The van der Waals surface area contributed by atoms with Gasteiger partial charge in [-0.15, -0.1) is 0 Å². The molecule has 1 N–H and O–H groups in total. The van der Waals surface area contributed by atoms with Gasteiger partial charge in [0.15, 0.2) is 0 Å². The van der Waals surface area contributed by atoms with E-state index in [0.717, 1.165) is 21.1 Å². The molecular weight excluding hydrogens is 566 g/mol. The maximum Gasteiger partial charge on any atom is 0.267 e. The first-order valence-electron chi connectivity index (χ1n) is 9.73. The second-order valence-electron chi connectivity index (χ2n) is 7.26. The molecule has 34 heavy (non-hydrogen) atoms. The van der Waals surface area contributed by atoms with Crippen LogP contribution in [-0.2, 0) is 24.5 Å². The number of rotatable bonds is 6. The third-order valence-corrected chi connectivity index (χ3v) is 7.60. The summed E-state index contributed by atoms with van der Waals surface area (Å²) in [6.45, 7) is -0.692. The second kappa shape index (κ2) is 9.58. The fraction of sp³-hybridized carbons (Fsp3) is 0.143. The molecule has 0 saturated carbocycles. The number of hydrogen-bond acceptors (Lipinski definition) is 8. The fourth-order valence-electron chi connectivity index (χ4n) is 3.51. The number of hydrogen-bond donors (Lipinski definition) is 1. The number of thioether (sulfide) groups is 1. The Morgan fingerprint density at radius 1 is 1.09 bits per heavy atom. The minimum Gasteiger partial charge on any atom is -0.748 e. The molecule has 2 aliphatic heterocycles. The summed E-state index contributed by atoms with van der Waals surface area (Å²) in [7, 11) is -4.56. The fourth-order valence-corrected chi connectivity index (χ4v) is 5.70. The molecule has 13 heteroatoms. The monoisotopic (exact) mass is 580 g/mol. The van der Waals surface area contributed by atoms with Crippen LogP contribution in [0.15, 0.2) is 57.9 Å². The van der Waals surface area contributed by atoms with Crippen LogP contribution in [0.3, 0.4) is 0 Å². The zero-order valence-electron chi connectivity index (χ0n) is 17.2. The van der Waals surface area contributed by atoms with Gasteiger partial charge >= 0.3 is 0 Å². The summed E-state index contributed by atoms with van der Waals surface area (Å²) in [4.78, 5) is 41.3. The first kappa shape index (κ1) is 24.5. The van der Waals surface area contributed by atoms with Crippen LogP contribution >= 0.6 is 39.9 Å². The molecule has 0 bridgehead atoms. The summed E-state index contributed by atoms with van der Waals surface area (Å²) in [6.07, 6.45) is 0. The smallest absolute Gasteiger partial charge is 0.267 e. The van der Waals surface area contributed by atoms with Gasteiger partial charge < -0.3 is 9.87 Å². The molecule has 1 saturated heterocycles. The summed E-state index contributed by atoms with van der Waals surface area (Å²) in [6, 6.07) is 13.7. The Bertz CT molecular complexity index is 1380. The van der Waals surface area contributed by atoms with Gasteiger partial charge in [-0.1, -0.05) is 64.2 Å². The summed E-state index contributed by atoms with van der Waals surface area (Å²) in [5.41, 5.74) is 1.54. The number of halogens is 1. The summed E-state index contributed by atoms with van der Waals surface area (Å²) in [5, 5.41) is 2.73. The van der Waals surface area contributed by atoms with Crippen LogP contribution in [0, 0.1) is 0 Å². The molecule has 2 aromatic rings. The number of amides is 3. The van der Waals surface area contributed by atoms with Crippen LogP contribution in [0.25, 0.3) is 5.57 Å². The third kappa shape index (κ3) is 5.08. The highest BCUT2D eigenvalue weighted by atomic mass is 79.9. The van der Waals surface area contributed by atoms with Crippen molar-refractivity contribution in [1.29, 1.82) is 0 Å². The molecule has 9 nitrogen and oxygen atoms in total. The van der Waals surface area contributed by atoms with Gasteiger partial charge in [-0.05, 0) is 24.3 Å². The number of nitrogens with zero attached hydrogens (tertiary/aromatic N) is 2. The lowest BCUT2D eigenvalue weighted by Crippen LogP contribution is -2.36. The average Bonchev–Trinajstić information content (AvgIpc) is 3.18. The van der Waals surface area contributed by atoms with Crippen molar-refractivity contribution in [3.63, 3.8) is 0 Å². The Morgan fingerprint density at radius 2 is 1.82 bits per heavy atom. The molecule has 2 aromatic carbocycles. The van der Waals surface area contributed by atoms with Crippen LogP contribution in [-0.4, -0.2) is 58.8 Å². The first-order valence-corrected chi connectivity index (χ1v) is 13.3. The summed E-state index contributed by atoms with van der Waals surface area (Å²) >= 11 is 9.37. The summed E-state index contributed by atoms with van der Waals surface area (Å²) in [5.74, 6) is -2.44. The molecule has 3 amide bonds. The Labute approximate surface area is 213 Å². The van der Waals surface area contributed by atoms with Crippen molar-refractivity contribution in [2.24, 2.45) is 0 Å². The molecule has 2 aliphatic rings. The zero-order chi connectivity index (χ0) is 24.6. The van der Waals surface area contributed by atoms with E-state index in [4.69, 9.17) is 12.2 Å². The highest BCUT2D eigenvalue weighted by Crippen LogP contribution is 2.44. The van der Waals surface area contributed by atoms with E-state index in [2.05, 4.69) is 21.2 Å². The number of para-hydroxylation sites is 1. The molecule has 176 valence electrons. The Morgan fingerprint density at radius 3 is 2.53 bits per heavy atom. The van der Waals surface area contributed by atoms with E-state index in [1.54, 1.807) is 42.5 Å². The van der Waals surface area contributed by atoms with Crippen LogP contribution < -0.4 is 10.2 Å². The topological polar surface area (TPSA) is 127 Å². The minimum atomic E-state index is -4.56. The Kier molecular flexibility index (Phi) is 6.92.